The van der Waals surface area contributed by atoms with Gasteiger partial charge in [0.2, 0.25) is 5.91 Å². The molecule has 20 heavy (non-hydrogen) atoms. The standard InChI is InChI=1S/C16H24N2O2/c1-11(15(17)12-7-3-2-4-8-12)16(20)18-13-9-5-6-10-14(13)19/h2-4,7-8,11,13-15,19H,5-6,9-10,17H2,1H3,(H,18,20)/t11?,13-,14-,15?/m1/s1. The van der Waals surface area contributed by atoms with Crippen molar-refractivity contribution in [2.75, 3.05) is 0 Å². The summed E-state index contributed by atoms with van der Waals surface area (Å²) in [5, 5.41) is 12.9. The zero-order valence-electron chi connectivity index (χ0n) is 12.0. The third-order valence-corrected chi connectivity index (χ3v) is 4.19. The first kappa shape index (κ1) is 15.0. The fourth-order valence-corrected chi connectivity index (χ4v) is 2.72. The maximum absolute atomic E-state index is 12.3. The van der Waals surface area contributed by atoms with Crippen LogP contribution in [0.2, 0.25) is 0 Å². The second kappa shape index (κ2) is 6.86. The van der Waals surface area contributed by atoms with Crippen LogP contribution in [0.25, 0.3) is 0 Å². The van der Waals surface area contributed by atoms with E-state index in [0.29, 0.717) is 0 Å². The van der Waals surface area contributed by atoms with E-state index >= 15 is 0 Å². The molecule has 0 aromatic heterocycles. The molecule has 4 heteroatoms. The van der Waals surface area contributed by atoms with Crippen molar-refractivity contribution < 1.29 is 9.90 Å². The number of rotatable bonds is 4. The van der Waals surface area contributed by atoms with Crippen LogP contribution in [0.5, 0.6) is 0 Å². The summed E-state index contributed by atoms with van der Waals surface area (Å²) in [5.74, 6) is -0.390. The third kappa shape index (κ3) is 3.58. The van der Waals surface area contributed by atoms with E-state index in [1.54, 1.807) is 0 Å². The Balaban J connectivity index is 1.94. The summed E-state index contributed by atoms with van der Waals surface area (Å²) >= 11 is 0. The number of carbonyl (C=O) groups is 1. The van der Waals surface area contributed by atoms with Crippen LogP contribution in [0.4, 0.5) is 0 Å². The molecule has 0 saturated heterocycles. The fraction of sp³-hybridized carbons (Fsp3) is 0.562. The van der Waals surface area contributed by atoms with Gasteiger partial charge in [0.25, 0.3) is 0 Å². The van der Waals surface area contributed by atoms with Gasteiger partial charge in [-0.05, 0) is 18.4 Å². The predicted molar refractivity (Wildman–Crippen MR) is 78.9 cm³/mol. The van der Waals surface area contributed by atoms with E-state index in [1.165, 1.54) is 0 Å². The summed E-state index contributed by atoms with van der Waals surface area (Å²) in [6.45, 7) is 1.84. The molecule has 1 aliphatic carbocycles. The van der Waals surface area contributed by atoms with Crippen molar-refractivity contribution in [3.63, 3.8) is 0 Å². The summed E-state index contributed by atoms with van der Waals surface area (Å²) in [5.41, 5.74) is 7.11. The second-order valence-corrected chi connectivity index (χ2v) is 5.69. The van der Waals surface area contributed by atoms with Crippen LogP contribution < -0.4 is 11.1 Å². The second-order valence-electron chi connectivity index (χ2n) is 5.69. The van der Waals surface area contributed by atoms with Crippen LogP contribution in [0, 0.1) is 5.92 Å². The summed E-state index contributed by atoms with van der Waals surface area (Å²) in [6.07, 6.45) is 3.28. The number of nitrogens with two attached hydrogens (primary N) is 1. The Morgan fingerprint density at radius 2 is 1.95 bits per heavy atom. The number of nitrogens with one attached hydrogen (secondary N) is 1. The third-order valence-electron chi connectivity index (χ3n) is 4.19. The average Bonchev–Trinajstić information content (AvgIpc) is 2.49. The highest BCUT2D eigenvalue weighted by Crippen LogP contribution is 2.22. The monoisotopic (exact) mass is 276 g/mol. The first-order chi connectivity index (χ1) is 9.59. The predicted octanol–water partition coefficient (Wildman–Crippen LogP) is 1.74. The molecule has 4 N–H and O–H groups in total. The molecule has 0 aliphatic heterocycles. The zero-order chi connectivity index (χ0) is 14.5. The van der Waals surface area contributed by atoms with Crippen LogP contribution in [-0.2, 0) is 4.79 Å². The number of amides is 1. The minimum Gasteiger partial charge on any atom is -0.391 e. The van der Waals surface area contributed by atoms with Gasteiger partial charge in [-0.15, -0.1) is 0 Å². The minimum atomic E-state index is -0.423. The molecule has 1 fully saturated rings. The number of hydrogen-bond acceptors (Lipinski definition) is 3. The van der Waals surface area contributed by atoms with Gasteiger partial charge in [0.15, 0.2) is 0 Å². The Labute approximate surface area is 120 Å². The molecule has 0 bridgehead atoms. The van der Waals surface area contributed by atoms with Crippen molar-refractivity contribution in [2.24, 2.45) is 11.7 Å². The van der Waals surface area contributed by atoms with Crippen molar-refractivity contribution >= 4 is 5.91 Å². The van der Waals surface area contributed by atoms with Gasteiger partial charge in [-0.25, -0.2) is 0 Å². The van der Waals surface area contributed by atoms with Crippen molar-refractivity contribution in [1.29, 1.82) is 0 Å². The first-order valence-corrected chi connectivity index (χ1v) is 7.38. The average molecular weight is 276 g/mol. The molecule has 4 atom stereocenters. The van der Waals surface area contributed by atoms with Crippen molar-refractivity contribution in [2.45, 2.75) is 50.8 Å². The van der Waals surface area contributed by atoms with E-state index in [1.807, 2.05) is 37.3 Å². The molecule has 0 spiro atoms. The van der Waals surface area contributed by atoms with Gasteiger partial charge >= 0.3 is 0 Å². The van der Waals surface area contributed by atoms with Crippen LogP contribution in [0.3, 0.4) is 0 Å². The van der Waals surface area contributed by atoms with Crippen molar-refractivity contribution in [3.8, 4) is 0 Å². The number of hydrogen-bond donors (Lipinski definition) is 3. The lowest BCUT2D eigenvalue weighted by atomic mass is 9.90. The maximum Gasteiger partial charge on any atom is 0.225 e. The molecule has 1 saturated carbocycles. The van der Waals surface area contributed by atoms with Gasteiger partial charge in [-0.1, -0.05) is 50.1 Å². The van der Waals surface area contributed by atoms with Crippen molar-refractivity contribution in [3.05, 3.63) is 35.9 Å². The van der Waals surface area contributed by atoms with Crippen LogP contribution in [0.15, 0.2) is 30.3 Å². The first-order valence-electron chi connectivity index (χ1n) is 7.38. The molecule has 1 aromatic carbocycles. The lowest BCUT2D eigenvalue weighted by molar-refractivity contribution is -0.127. The van der Waals surface area contributed by atoms with E-state index < -0.39 is 6.10 Å². The number of benzene rings is 1. The largest absolute Gasteiger partial charge is 0.391 e. The van der Waals surface area contributed by atoms with Gasteiger partial charge in [0.05, 0.1) is 18.1 Å². The van der Waals surface area contributed by atoms with Crippen LogP contribution >= 0.6 is 0 Å². The fourth-order valence-electron chi connectivity index (χ4n) is 2.72. The lowest BCUT2D eigenvalue weighted by Crippen LogP contribution is -2.48. The van der Waals surface area contributed by atoms with E-state index in [0.717, 1.165) is 31.2 Å². The molecular formula is C16H24N2O2. The molecular weight excluding hydrogens is 252 g/mol. The molecule has 110 valence electrons. The SMILES string of the molecule is CC(C(=O)N[C@@H]1CCCC[C@H]1O)C(N)c1ccccc1. The van der Waals surface area contributed by atoms with E-state index in [-0.39, 0.29) is 23.9 Å². The van der Waals surface area contributed by atoms with Gasteiger partial charge < -0.3 is 16.2 Å². The Kier molecular flexibility index (Phi) is 5.15. The zero-order valence-corrected chi connectivity index (χ0v) is 12.0. The van der Waals surface area contributed by atoms with Gasteiger partial charge in [0.1, 0.15) is 0 Å². The van der Waals surface area contributed by atoms with E-state index in [9.17, 15) is 9.90 Å². The summed E-state index contributed by atoms with van der Waals surface area (Å²) < 4.78 is 0. The van der Waals surface area contributed by atoms with Crippen LogP contribution in [-0.4, -0.2) is 23.2 Å². The van der Waals surface area contributed by atoms with E-state index in [2.05, 4.69) is 5.32 Å². The molecule has 0 heterocycles. The molecule has 0 radical (unpaired) electrons. The van der Waals surface area contributed by atoms with Crippen molar-refractivity contribution in [1.82, 2.24) is 5.32 Å². The minimum absolute atomic E-state index is 0.0766. The molecule has 1 amide bonds. The highest BCUT2D eigenvalue weighted by Gasteiger charge is 2.28. The Bertz CT molecular complexity index is 435. The highest BCUT2D eigenvalue weighted by molar-refractivity contribution is 5.79. The van der Waals surface area contributed by atoms with Gasteiger partial charge in [-0.2, -0.15) is 0 Å². The quantitative estimate of drug-likeness (QED) is 0.784. The Hall–Kier alpha value is -1.39. The highest BCUT2D eigenvalue weighted by atomic mass is 16.3. The summed E-state index contributed by atoms with van der Waals surface area (Å²) in [6, 6.07) is 9.20. The lowest BCUT2D eigenvalue weighted by Gasteiger charge is -2.30. The Morgan fingerprint density at radius 3 is 2.60 bits per heavy atom. The smallest absolute Gasteiger partial charge is 0.225 e. The van der Waals surface area contributed by atoms with Gasteiger partial charge in [0, 0.05) is 6.04 Å². The van der Waals surface area contributed by atoms with Gasteiger partial charge in [-0.3, -0.25) is 4.79 Å². The normalized spacial score (nSPS) is 25.8. The molecule has 1 aromatic rings. The molecule has 2 rings (SSSR count). The number of aliphatic hydroxyl groups excluding tert-OH is 1. The number of aliphatic hydroxyl groups is 1. The molecule has 4 nitrogen and oxygen atoms in total. The van der Waals surface area contributed by atoms with Crippen LogP contribution in [0.1, 0.15) is 44.2 Å². The topological polar surface area (TPSA) is 75.3 Å². The molecule has 1 aliphatic rings. The maximum atomic E-state index is 12.3. The molecule has 2 unspecified atom stereocenters. The summed E-state index contributed by atoms with van der Waals surface area (Å²) in [7, 11) is 0. The Morgan fingerprint density at radius 1 is 1.30 bits per heavy atom. The number of carbonyl (C=O) groups excluding carboxylic acids is 1. The van der Waals surface area contributed by atoms with E-state index in [4.69, 9.17) is 5.73 Å². The summed E-state index contributed by atoms with van der Waals surface area (Å²) in [4.78, 5) is 12.3.